The molecule has 1 atom stereocenters. The summed E-state index contributed by atoms with van der Waals surface area (Å²) in [5, 5.41) is 6.19. The van der Waals surface area contributed by atoms with Crippen molar-refractivity contribution < 1.29 is 22.6 Å². The van der Waals surface area contributed by atoms with Crippen LogP contribution in [0, 0.1) is 0 Å². The number of hydrogen-bond acceptors (Lipinski definition) is 3. The third-order valence-corrected chi connectivity index (χ3v) is 3.57. The van der Waals surface area contributed by atoms with Crippen molar-refractivity contribution in [2.24, 2.45) is 4.99 Å². The van der Waals surface area contributed by atoms with E-state index >= 15 is 0 Å². The average Bonchev–Trinajstić information content (AvgIpc) is 3.07. The Morgan fingerprint density at radius 2 is 2.21 bits per heavy atom. The van der Waals surface area contributed by atoms with Crippen molar-refractivity contribution >= 4 is 5.96 Å². The van der Waals surface area contributed by atoms with Crippen molar-refractivity contribution in [1.82, 2.24) is 10.6 Å². The fourth-order valence-corrected chi connectivity index (χ4v) is 2.34. The van der Waals surface area contributed by atoms with Crippen LogP contribution in [-0.2, 0) is 10.9 Å². The van der Waals surface area contributed by atoms with Crippen molar-refractivity contribution in [1.29, 1.82) is 0 Å². The minimum absolute atomic E-state index is 0.189. The Bertz CT molecular complexity index is 544. The molecule has 8 heteroatoms. The van der Waals surface area contributed by atoms with Gasteiger partial charge in [0.05, 0.1) is 18.2 Å². The molecule has 1 heterocycles. The maximum absolute atomic E-state index is 12.6. The normalized spacial score (nSPS) is 18.5. The summed E-state index contributed by atoms with van der Waals surface area (Å²) in [6.45, 7) is 2.11. The summed E-state index contributed by atoms with van der Waals surface area (Å²) in [6.07, 6.45) is -2.07. The first kappa shape index (κ1) is 18.4. The van der Waals surface area contributed by atoms with Gasteiger partial charge >= 0.3 is 6.18 Å². The van der Waals surface area contributed by atoms with Crippen molar-refractivity contribution in [2.75, 3.05) is 33.4 Å². The molecule has 2 rings (SSSR count). The zero-order valence-electron chi connectivity index (χ0n) is 13.5. The summed E-state index contributed by atoms with van der Waals surface area (Å²) in [5.41, 5.74) is -0.720. The topological polar surface area (TPSA) is 54.9 Å². The molecule has 1 fully saturated rings. The lowest BCUT2D eigenvalue weighted by molar-refractivity contribution is -0.137. The largest absolute Gasteiger partial charge is 0.492 e. The number of rotatable bonds is 6. The molecule has 1 aromatic carbocycles. The molecule has 0 spiro atoms. The Labute approximate surface area is 139 Å². The molecule has 0 aliphatic carbocycles. The minimum Gasteiger partial charge on any atom is -0.492 e. The highest BCUT2D eigenvalue weighted by Gasteiger charge is 2.30. The maximum atomic E-state index is 12.6. The van der Waals surface area contributed by atoms with E-state index in [-0.39, 0.29) is 18.5 Å². The van der Waals surface area contributed by atoms with Crippen LogP contribution in [0.4, 0.5) is 13.2 Å². The number of halogens is 3. The molecule has 1 aromatic rings. The molecule has 1 aliphatic heterocycles. The van der Waals surface area contributed by atoms with Gasteiger partial charge in [-0.2, -0.15) is 13.2 Å². The molecule has 1 aliphatic rings. The van der Waals surface area contributed by atoms with Gasteiger partial charge in [-0.3, -0.25) is 4.99 Å². The second-order valence-corrected chi connectivity index (χ2v) is 5.39. The molecule has 0 saturated carbocycles. The Hall–Kier alpha value is -1.96. The molecule has 1 unspecified atom stereocenters. The summed E-state index contributed by atoms with van der Waals surface area (Å²) in [6, 6.07) is 4.83. The van der Waals surface area contributed by atoms with Crippen molar-refractivity contribution in [2.45, 2.75) is 25.1 Å². The lowest BCUT2D eigenvalue weighted by Gasteiger charge is -2.15. The molecule has 1 saturated heterocycles. The van der Waals surface area contributed by atoms with Crippen LogP contribution >= 0.6 is 0 Å². The second-order valence-electron chi connectivity index (χ2n) is 5.39. The van der Waals surface area contributed by atoms with E-state index in [0.29, 0.717) is 19.0 Å². The number of nitrogens with one attached hydrogen (secondary N) is 2. The highest BCUT2D eigenvalue weighted by molar-refractivity contribution is 5.79. The SMILES string of the molecule is CN=C(NCCOc1cccc(C(F)(F)F)c1)NCC1CCCO1. The van der Waals surface area contributed by atoms with E-state index in [1.54, 1.807) is 7.05 Å². The summed E-state index contributed by atoms with van der Waals surface area (Å²) in [4.78, 5) is 4.07. The number of guanidine groups is 1. The standard InChI is InChI=1S/C16H22F3N3O2/c1-20-15(22-11-14-6-3-8-23-14)21-7-9-24-13-5-2-4-12(10-13)16(17,18)19/h2,4-5,10,14H,3,6-9,11H2,1H3,(H2,20,21,22). The van der Waals surface area contributed by atoms with Gasteiger partial charge in [0, 0.05) is 20.2 Å². The predicted molar refractivity (Wildman–Crippen MR) is 85.3 cm³/mol. The summed E-state index contributed by atoms with van der Waals surface area (Å²) >= 11 is 0. The molecule has 0 bridgehead atoms. The number of ether oxygens (including phenoxy) is 2. The van der Waals surface area contributed by atoms with Crippen LogP contribution < -0.4 is 15.4 Å². The zero-order valence-corrected chi connectivity index (χ0v) is 13.5. The Kier molecular flexibility index (Phi) is 6.72. The van der Waals surface area contributed by atoms with Crippen LogP contribution in [0.25, 0.3) is 0 Å². The number of benzene rings is 1. The molecular formula is C16H22F3N3O2. The maximum Gasteiger partial charge on any atom is 0.416 e. The minimum atomic E-state index is -4.37. The third kappa shape index (κ3) is 5.92. The van der Waals surface area contributed by atoms with Gasteiger partial charge in [0.1, 0.15) is 12.4 Å². The number of aliphatic imine (C=N–C) groups is 1. The van der Waals surface area contributed by atoms with E-state index in [1.165, 1.54) is 12.1 Å². The fraction of sp³-hybridized carbons (Fsp3) is 0.562. The van der Waals surface area contributed by atoms with Crippen LogP contribution in [0.15, 0.2) is 29.3 Å². The number of alkyl halides is 3. The van der Waals surface area contributed by atoms with Crippen LogP contribution in [0.2, 0.25) is 0 Å². The van der Waals surface area contributed by atoms with Gasteiger partial charge in [-0.25, -0.2) is 0 Å². The van der Waals surface area contributed by atoms with E-state index in [1.807, 2.05) is 0 Å². The fourth-order valence-electron chi connectivity index (χ4n) is 2.34. The van der Waals surface area contributed by atoms with E-state index in [2.05, 4.69) is 15.6 Å². The molecule has 0 amide bonds. The lowest BCUT2D eigenvalue weighted by atomic mass is 10.2. The monoisotopic (exact) mass is 345 g/mol. The molecule has 0 radical (unpaired) electrons. The number of nitrogens with zero attached hydrogens (tertiary/aromatic N) is 1. The smallest absolute Gasteiger partial charge is 0.416 e. The Morgan fingerprint density at radius 3 is 2.88 bits per heavy atom. The molecule has 5 nitrogen and oxygen atoms in total. The van der Waals surface area contributed by atoms with Crippen LogP contribution in [0.3, 0.4) is 0 Å². The van der Waals surface area contributed by atoms with Crippen LogP contribution in [0.5, 0.6) is 5.75 Å². The quantitative estimate of drug-likeness (QED) is 0.472. The van der Waals surface area contributed by atoms with Crippen LogP contribution in [0.1, 0.15) is 18.4 Å². The molecule has 2 N–H and O–H groups in total. The zero-order chi connectivity index (χ0) is 17.4. The van der Waals surface area contributed by atoms with Gasteiger partial charge in [-0.05, 0) is 31.0 Å². The molecule has 0 aromatic heterocycles. The first-order chi connectivity index (χ1) is 11.5. The van der Waals surface area contributed by atoms with Crippen molar-refractivity contribution in [3.63, 3.8) is 0 Å². The van der Waals surface area contributed by atoms with E-state index in [0.717, 1.165) is 31.6 Å². The van der Waals surface area contributed by atoms with E-state index in [4.69, 9.17) is 9.47 Å². The molecule has 24 heavy (non-hydrogen) atoms. The Morgan fingerprint density at radius 1 is 1.38 bits per heavy atom. The first-order valence-electron chi connectivity index (χ1n) is 7.85. The van der Waals surface area contributed by atoms with Gasteiger partial charge in [0.2, 0.25) is 0 Å². The summed E-state index contributed by atoms with van der Waals surface area (Å²) < 4.78 is 48.7. The van der Waals surface area contributed by atoms with Gasteiger partial charge in [0.15, 0.2) is 5.96 Å². The molecular weight excluding hydrogens is 323 g/mol. The third-order valence-electron chi connectivity index (χ3n) is 3.57. The summed E-state index contributed by atoms with van der Waals surface area (Å²) in [7, 11) is 1.65. The van der Waals surface area contributed by atoms with Crippen LogP contribution in [-0.4, -0.2) is 45.4 Å². The lowest BCUT2D eigenvalue weighted by Crippen LogP contribution is -2.42. The Balaban J connectivity index is 1.69. The van der Waals surface area contributed by atoms with Gasteiger partial charge in [-0.15, -0.1) is 0 Å². The van der Waals surface area contributed by atoms with E-state index in [9.17, 15) is 13.2 Å². The predicted octanol–water partition coefficient (Wildman–Crippen LogP) is 2.43. The molecule has 134 valence electrons. The van der Waals surface area contributed by atoms with Gasteiger partial charge < -0.3 is 20.1 Å². The van der Waals surface area contributed by atoms with Crippen molar-refractivity contribution in [3.8, 4) is 5.75 Å². The van der Waals surface area contributed by atoms with Gasteiger partial charge in [-0.1, -0.05) is 6.07 Å². The van der Waals surface area contributed by atoms with Crippen molar-refractivity contribution in [3.05, 3.63) is 29.8 Å². The average molecular weight is 345 g/mol. The summed E-state index contributed by atoms with van der Waals surface area (Å²) in [5.74, 6) is 0.798. The van der Waals surface area contributed by atoms with Gasteiger partial charge in [0.25, 0.3) is 0 Å². The number of hydrogen-bond donors (Lipinski definition) is 2. The highest BCUT2D eigenvalue weighted by atomic mass is 19.4. The first-order valence-corrected chi connectivity index (χ1v) is 7.85. The second kappa shape index (κ2) is 8.77. The van der Waals surface area contributed by atoms with E-state index < -0.39 is 11.7 Å². The highest BCUT2D eigenvalue weighted by Crippen LogP contribution is 2.31.